The van der Waals surface area contributed by atoms with E-state index in [0.717, 1.165) is 5.70 Å². The highest BCUT2D eigenvalue weighted by molar-refractivity contribution is 5.53. The van der Waals surface area contributed by atoms with Crippen molar-refractivity contribution in [2.45, 2.75) is 13.5 Å². The maximum atomic E-state index is 4.40. The number of allylic oxidation sites excluding steroid dienone is 5. The molecule has 0 aliphatic carbocycles. The summed E-state index contributed by atoms with van der Waals surface area (Å²) in [6, 6.07) is 10.2. The molecule has 0 amide bonds. The summed E-state index contributed by atoms with van der Waals surface area (Å²) in [6.45, 7) is 10.0. The van der Waals surface area contributed by atoms with E-state index in [0.29, 0.717) is 6.54 Å². The SMILES string of the molecule is C=C/C=C\C(=C/C=C)N(Cc1ccccc1)/N=C\C. The lowest BCUT2D eigenvalue weighted by atomic mass is 10.2. The maximum Gasteiger partial charge on any atom is 0.0666 e. The molecule has 0 unspecified atom stereocenters. The van der Waals surface area contributed by atoms with Crippen LogP contribution in [0.2, 0.25) is 0 Å². The highest BCUT2D eigenvalue weighted by Gasteiger charge is 2.05. The minimum absolute atomic E-state index is 0.715. The smallest absolute Gasteiger partial charge is 0.0666 e. The average Bonchev–Trinajstić information content (AvgIpc) is 2.44. The van der Waals surface area contributed by atoms with E-state index in [1.165, 1.54) is 5.56 Å². The van der Waals surface area contributed by atoms with Crippen LogP contribution < -0.4 is 0 Å². The first-order chi connectivity index (χ1) is 9.31. The maximum absolute atomic E-state index is 4.40. The van der Waals surface area contributed by atoms with E-state index in [1.54, 1.807) is 18.4 Å². The second-order valence-electron chi connectivity index (χ2n) is 3.84. The van der Waals surface area contributed by atoms with Crippen LogP contribution in [0.5, 0.6) is 0 Å². The first-order valence-electron chi connectivity index (χ1n) is 6.23. The van der Waals surface area contributed by atoms with Gasteiger partial charge >= 0.3 is 0 Å². The zero-order valence-corrected chi connectivity index (χ0v) is 11.4. The molecule has 0 saturated carbocycles. The van der Waals surface area contributed by atoms with E-state index in [9.17, 15) is 0 Å². The van der Waals surface area contributed by atoms with Gasteiger partial charge in [0.15, 0.2) is 0 Å². The summed E-state index contributed by atoms with van der Waals surface area (Å²) in [6.07, 6.45) is 11.1. The van der Waals surface area contributed by atoms with Crippen molar-refractivity contribution >= 4 is 6.21 Å². The fraction of sp³-hybridized carbons (Fsp3) is 0.118. The summed E-state index contributed by atoms with van der Waals surface area (Å²) in [5.41, 5.74) is 2.17. The molecule has 0 bridgehead atoms. The molecular formula is C17H20N2. The van der Waals surface area contributed by atoms with Crippen molar-refractivity contribution in [1.82, 2.24) is 5.01 Å². The van der Waals surface area contributed by atoms with Crippen LogP contribution in [0, 0.1) is 0 Å². The van der Waals surface area contributed by atoms with Gasteiger partial charge in [-0.3, -0.25) is 5.01 Å². The van der Waals surface area contributed by atoms with Crippen LogP contribution in [0.4, 0.5) is 0 Å². The third-order valence-electron chi connectivity index (χ3n) is 2.42. The van der Waals surface area contributed by atoms with Crippen molar-refractivity contribution in [1.29, 1.82) is 0 Å². The Labute approximate surface area is 115 Å². The van der Waals surface area contributed by atoms with Gasteiger partial charge in [-0.05, 0) is 24.6 Å². The average molecular weight is 252 g/mol. The first-order valence-corrected chi connectivity index (χ1v) is 6.23. The highest BCUT2D eigenvalue weighted by atomic mass is 15.4. The van der Waals surface area contributed by atoms with Gasteiger partial charge < -0.3 is 0 Å². The van der Waals surface area contributed by atoms with E-state index in [-0.39, 0.29) is 0 Å². The predicted molar refractivity (Wildman–Crippen MR) is 83.8 cm³/mol. The van der Waals surface area contributed by atoms with Crippen LogP contribution in [-0.2, 0) is 6.54 Å². The van der Waals surface area contributed by atoms with Gasteiger partial charge in [-0.25, -0.2) is 0 Å². The van der Waals surface area contributed by atoms with Crippen LogP contribution in [0.1, 0.15) is 12.5 Å². The van der Waals surface area contributed by atoms with Gasteiger partial charge in [0.25, 0.3) is 0 Å². The lowest BCUT2D eigenvalue weighted by Crippen LogP contribution is -2.15. The largest absolute Gasteiger partial charge is 0.261 e. The summed E-state index contributed by atoms with van der Waals surface area (Å²) < 4.78 is 0. The first kappa shape index (κ1) is 14.7. The molecule has 2 nitrogen and oxygen atoms in total. The quantitative estimate of drug-likeness (QED) is 0.401. The third-order valence-corrected chi connectivity index (χ3v) is 2.42. The fourth-order valence-electron chi connectivity index (χ4n) is 1.61. The molecule has 0 N–H and O–H groups in total. The summed E-state index contributed by atoms with van der Waals surface area (Å²) in [4.78, 5) is 0. The minimum Gasteiger partial charge on any atom is -0.261 e. The molecule has 19 heavy (non-hydrogen) atoms. The summed E-state index contributed by atoms with van der Waals surface area (Å²) >= 11 is 0. The number of hydrogen-bond donors (Lipinski definition) is 0. The Kier molecular flexibility index (Phi) is 6.73. The van der Waals surface area contributed by atoms with Gasteiger partial charge in [0, 0.05) is 6.21 Å². The summed E-state index contributed by atoms with van der Waals surface area (Å²) in [7, 11) is 0. The third kappa shape index (κ3) is 5.21. The topological polar surface area (TPSA) is 15.6 Å². The number of rotatable bonds is 7. The van der Waals surface area contributed by atoms with Crippen molar-refractivity contribution < 1.29 is 0 Å². The fourth-order valence-corrected chi connectivity index (χ4v) is 1.61. The van der Waals surface area contributed by atoms with E-state index in [1.807, 2.05) is 48.4 Å². The monoisotopic (exact) mass is 252 g/mol. The van der Waals surface area contributed by atoms with E-state index >= 15 is 0 Å². The molecule has 0 spiro atoms. The van der Waals surface area contributed by atoms with Gasteiger partial charge in [-0.2, -0.15) is 5.10 Å². The minimum atomic E-state index is 0.715. The Hall–Kier alpha value is -2.35. The zero-order valence-electron chi connectivity index (χ0n) is 11.4. The molecule has 0 saturated heterocycles. The second-order valence-corrected chi connectivity index (χ2v) is 3.84. The van der Waals surface area contributed by atoms with Crippen LogP contribution in [0.15, 0.2) is 84.7 Å². The van der Waals surface area contributed by atoms with Crippen LogP contribution in [0.3, 0.4) is 0 Å². The van der Waals surface area contributed by atoms with Crippen molar-refractivity contribution in [2.75, 3.05) is 0 Å². The number of benzene rings is 1. The number of hydrazone groups is 1. The van der Waals surface area contributed by atoms with E-state index in [4.69, 9.17) is 0 Å². The molecule has 0 aliphatic rings. The van der Waals surface area contributed by atoms with Crippen molar-refractivity contribution in [3.63, 3.8) is 0 Å². The van der Waals surface area contributed by atoms with Crippen LogP contribution >= 0.6 is 0 Å². The lowest BCUT2D eigenvalue weighted by molar-refractivity contribution is 0.370. The van der Waals surface area contributed by atoms with Crippen molar-refractivity contribution in [2.24, 2.45) is 5.10 Å². The van der Waals surface area contributed by atoms with Gasteiger partial charge in [0.1, 0.15) is 0 Å². The van der Waals surface area contributed by atoms with E-state index < -0.39 is 0 Å². The van der Waals surface area contributed by atoms with Crippen molar-refractivity contribution in [3.8, 4) is 0 Å². The van der Waals surface area contributed by atoms with Gasteiger partial charge in [-0.1, -0.05) is 61.7 Å². The Balaban J connectivity index is 2.97. The molecule has 2 heteroatoms. The number of hydrogen-bond acceptors (Lipinski definition) is 2. The normalized spacial score (nSPS) is 11.9. The summed E-state index contributed by atoms with van der Waals surface area (Å²) in [5, 5.41) is 6.33. The molecular weight excluding hydrogens is 232 g/mol. The Morgan fingerprint density at radius 2 is 1.95 bits per heavy atom. The molecule has 1 rings (SSSR count). The molecule has 1 aromatic carbocycles. The van der Waals surface area contributed by atoms with Gasteiger partial charge in [0.2, 0.25) is 0 Å². The molecule has 0 aliphatic heterocycles. The highest BCUT2D eigenvalue weighted by Crippen LogP contribution is 2.13. The van der Waals surface area contributed by atoms with Crippen LogP contribution in [0.25, 0.3) is 0 Å². The van der Waals surface area contributed by atoms with Crippen molar-refractivity contribution in [3.05, 3.63) is 85.1 Å². The Morgan fingerprint density at radius 1 is 1.21 bits per heavy atom. The molecule has 0 radical (unpaired) electrons. The molecule has 0 heterocycles. The summed E-state index contributed by atoms with van der Waals surface area (Å²) in [5.74, 6) is 0. The molecule has 98 valence electrons. The van der Waals surface area contributed by atoms with Gasteiger partial charge in [0.05, 0.1) is 12.2 Å². The number of nitrogens with zero attached hydrogens (tertiary/aromatic N) is 2. The lowest BCUT2D eigenvalue weighted by Gasteiger charge is -2.20. The molecule has 0 atom stereocenters. The predicted octanol–water partition coefficient (Wildman–Crippen LogP) is 4.31. The second kappa shape index (κ2) is 8.70. The van der Waals surface area contributed by atoms with Crippen LogP contribution in [-0.4, -0.2) is 11.2 Å². The zero-order chi connectivity index (χ0) is 13.9. The van der Waals surface area contributed by atoms with Gasteiger partial charge in [-0.15, -0.1) is 0 Å². The Bertz CT molecular complexity index is 481. The molecule has 0 fully saturated rings. The molecule has 1 aromatic rings. The Morgan fingerprint density at radius 3 is 2.53 bits per heavy atom. The van der Waals surface area contributed by atoms with E-state index in [2.05, 4.69) is 30.4 Å². The molecule has 0 aromatic heterocycles. The standard InChI is InChI=1S/C17H20N2/c1-4-7-14-17(11-5-2)19(18-6-3)15-16-12-9-8-10-13-16/h4-14H,1-2,15H2,3H3/b14-7-,17-11+,18-6-.